The van der Waals surface area contributed by atoms with Crippen LogP contribution in [0.15, 0.2) is 24.3 Å². The minimum Gasteiger partial charge on any atom is -0.0839 e. The summed E-state index contributed by atoms with van der Waals surface area (Å²) >= 11 is 7.52. The third-order valence-electron chi connectivity index (χ3n) is 3.63. The van der Waals surface area contributed by atoms with E-state index in [4.69, 9.17) is 0 Å². The monoisotopic (exact) mass is 290 g/mol. The fourth-order valence-corrected chi connectivity index (χ4v) is 4.25. The molecule has 0 spiro atoms. The van der Waals surface area contributed by atoms with Crippen molar-refractivity contribution in [1.29, 1.82) is 0 Å². The molecular formula is C10H12Br2. The first-order chi connectivity index (χ1) is 5.46. The van der Waals surface area contributed by atoms with Crippen LogP contribution in [0.1, 0.15) is 20.3 Å². The largest absolute Gasteiger partial charge is 0.0964 e. The molecule has 12 heavy (non-hydrogen) atoms. The highest BCUT2D eigenvalue weighted by atomic mass is 79.9. The number of halogens is 2. The molecular weight excluding hydrogens is 280 g/mol. The van der Waals surface area contributed by atoms with Crippen molar-refractivity contribution in [3.05, 3.63) is 24.3 Å². The molecule has 0 aromatic heterocycles. The molecule has 0 radical (unpaired) electrons. The summed E-state index contributed by atoms with van der Waals surface area (Å²) in [5.74, 6) is 0. The van der Waals surface area contributed by atoms with Crippen molar-refractivity contribution < 1.29 is 0 Å². The summed E-state index contributed by atoms with van der Waals surface area (Å²) in [5, 5.41) is 0. The van der Waals surface area contributed by atoms with Gasteiger partial charge in [0.2, 0.25) is 0 Å². The van der Waals surface area contributed by atoms with Crippen LogP contribution in [0.3, 0.4) is 0 Å². The fraction of sp³-hybridized carbons (Fsp3) is 0.600. The molecule has 2 aliphatic rings. The van der Waals surface area contributed by atoms with Crippen LogP contribution in [-0.2, 0) is 0 Å². The van der Waals surface area contributed by atoms with Crippen LogP contribution in [0.2, 0.25) is 0 Å². The van der Waals surface area contributed by atoms with E-state index in [1.165, 1.54) is 0 Å². The maximum Gasteiger partial charge on any atom is 0.0964 e. The standard InChI is InChI=1S/C10H12Br2/c1-8-6-4-3-5-7-9(8,2)10(8,11)12/h3-6H,7H2,1-2H3/t8-,9+/m0/s1. The smallest absolute Gasteiger partial charge is 0.0839 e. The Bertz CT molecular complexity index is 278. The Morgan fingerprint density at radius 3 is 2.50 bits per heavy atom. The van der Waals surface area contributed by atoms with Crippen molar-refractivity contribution in [3.8, 4) is 0 Å². The van der Waals surface area contributed by atoms with Gasteiger partial charge in [0.15, 0.2) is 0 Å². The topological polar surface area (TPSA) is 0 Å². The third kappa shape index (κ3) is 0.741. The van der Waals surface area contributed by atoms with Gasteiger partial charge in [0.05, 0.1) is 3.23 Å². The summed E-state index contributed by atoms with van der Waals surface area (Å²) in [7, 11) is 0. The van der Waals surface area contributed by atoms with Crippen molar-refractivity contribution in [3.63, 3.8) is 0 Å². The summed E-state index contributed by atoms with van der Waals surface area (Å²) < 4.78 is 0.0985. The van der Waals surface area contributed by atoms with E-state index < -0.39 is 0 Å². The summed E-state index contributed by atoms with van der Waals surface area (Å²) in [6.07, 6.45) is 9.95. The van der Waals surface area contributed by atoms with Crippen molar-refractivity contribution >= 4 is 31.9 Å². The van der Waals surface area contributed by atoms with E-state index in [-0.39, 0.29) is 8.65 Å². The quantitative estimate of drug-likeness (QED) is 0.592. The van der Waals surface area contributed by atoms with Gasteiger partial charge in [0.1, 0.15) is 0 Å². The second-order valence-electron chi connectivity index (χ2n) is 4.10. The molecule has 0 nitrogen and oxygen atoms in total. The summed E-state index contributed by atoms with van der Waals surface area (Å²) in [6, 6.07) is 0. The van der Waals surface area contributed by atoms with Crippen LogP contribution in [0, 0.1) is 10.8 Å². The van der Waals surface area contributed by atoms with Crippen molar-refractivity contribution in [2.24, 2.45) is 10.8 Å². The van der Waals surface area contributed by atoms with Gasteiger partial charge in [-0.05, 0) is 6.42 Å². The second kappa shape index (κ2) is 2.27. The predicted octanol–water partition coefficient (Wildman–Crippen LogP) is 4.01. The highest BCUT2D eigenvalue weighted by molar-refractivity contribution is 9.25. The SMILES string of the molecule is C[C@@]12CC=CC=C[C@]1(C)C2(Br)Br. The normalized spacial score (nSPS) is 48.3. The molecule has 2 rings (SSSR count). The lowest BCUT2D eigenvalue weighted by molar-refractivity contribution is 0.464. The zero-order chi connectivity index (χ0) is 9.04. The lowest BCUT2D eigenvalue weighted by Gasteiger charge is -2.09. The van der Waals surface area contributed by atoms with Crippen LogP contribution in [0.5, 0.6) is 0 Å². The van der Waals surface area contributed by atoms with Crippen molar-refractivity contribution in [2.75, 3.05) is 0 Å². The molecule has 0 aromatic carbocycles. The van der Waals surface area contributed by atoms with Gasteiger partial charge in [-0.25, -0.2) is 0 Å². The van der Waals surface area contributed by atoms with E-state index in [9.17, 15) is 0 Å². The first-order valence-corrected chi connectivity index (χ1v) is 5.76. The number of fused-ring (bicyclic) bond motifs is 1. The average molecular weight is 292 g/mol. The van der Waals surface area contributed by atoms with Gasteiger partial charge >= 0.3 is 0 Å². The van der Waals surface area contributed by atoms with Gasteiger partial charge in [-0.15, -0.1) is 0 Å². The van der Waals surface area contributed by atoms with Crippen molar-refractivity contribution in [1.82, 2.24) is 0 Å². The lowest BCUT2D eigenvalue weighted by Crippen LogP contribution is -2.02. The summed E-state index contributed by atoms with van der Waals surface area (Å²) in [6.45, 7) is 4.61. The van der Waals surface area contributed by atoms with Crippen molar-refractivity contribution in [2.45, 2.75) is 23.5 Å². The van der Waals surface area contributed by atoms with E-state index in [1.54, 1.807) is 0 Å². The molecule has 0 bridgehead atoms. The molecule has 1 saturated carbocycles. The van der Waals surface area contributed by atoms with Gasteiger partial charge in [-0.3, -0.25) is 0 Å². The van der Waals surface area contributed by atoms with E-state index in [0.29, 0.717) is 5.41 Å². The second-order valence-corrected chi connectivity index (χ2v) is 7.54. The first kappa shape index (κ1) is 9.01. The molecule has 0 heterocycles. The third-order valence-corrected chi connectivity index (χ3v) is 7.03. The first-order valence-electron chi connectivity index (χ1n) is 4.18. The zero-order valence-corrected chi connectivity index (χ0v) is 10.4. The maximum atomic E-state index is 3.76. The summed E-state index contributed by atoms with van der Waals surface area (Å²) in [4.78, 5) is 0. The molecule has 0 unspecified atom stereocenters. The van der Waals surface area contributed by atoms with Crippen LogP contribution in [0.25, 0.3) is 0 Å². The molecule has 0 N–H and O–H groups in total. The molecule has 2 aliphatic carbocycles. The van der Waals surface area contributed by atoms with E-state index in [1.807, 2.05) is 0 Å². The van der Waals surface area contributed by atoms with Gasteiger partial charge in [-0.1, -0.05) is 70.0 Å². The van der Waals surface area contributed by atoms with Gasteiger partial charge in [0, 0.05) is 10.8 Å². The van der Waals surface area contributed by atoms with Gasteiger partial charge < -0.3 is 0 Å². The van der Waals surface area contributed by atoms with Crippen LogP contribution in [-0.4, -0.2) is 3.23 Å². The Morgan fingerprint density at radius 1 is 1.17 bits per heavy atom. The number of rotatable bonds is 0. The lowest BCUT2D eigenvalue weighted by atomic mass is 9.94. The summed E-state index contributed by atoms with van der Waals surface area (Å²) in [5.41, 5.74) is 0.576. The highest BCUT2D eigenvalue weighted by Crippen LogP contribution is 2.82. The predicted molar refractivity (Wildman–Crippen MR) is 59.7 cm³/mol. The van der Waals surface area contributed by atoms with Gasteiger partial charge in [-0.2, -0.15) is 0 Å². The average Bonchev–Trinajstić information content (AvgIpc) is 2.40. The molecule has 0 saturated heterocycles. The van der Waals surface area contributed by atoms with Crippen LogP contribution in [0.4, 0.5) is 0 Å². The molecule has 0 aromatic rings. The Labute approximate surface area is 90.4 Å². The van der Waals surface area contributed by atoms with E-state index in [0.717, 1.165) is 6.42 Å². The number of hydrogen-bond donors (Lipinski definition) is 0. The van der Waals surface area contributed by atoms with E-state index >= 15 is 0 Å². The Kier molecular flexibility index (Phi) is 1.70. The Balaban J connectivity index is 2.44. The molecule has 1 fully saturated rings. The molecule has 0 amide bonds. The zero-order valence-electron chi connectivity index (χ0n) is 7.27. The molecule has 2 heteroatoms. The highest BCUT2D eigenvalue weighted by Gasteiger charge is 2.78. The Hall–Kier alpha value is 0.440. The van der Waals surface area contributed by atoms with Crippen LogP contribution < -0.4 is 0 Å². The fourth-order valence-electron chi connectivity index (χ4n) is 2.16. The Morgan fingerprint density at radius 2 is 1.83 bits per heavy atom. The van der Waals surface area contributed by atoms with E-state index in [2.05, 4.69) is 70.0 Å². The number of allylic oxidation sites excluding steroid dienone is 4. The number of alkyl halides is 2. The number of hydrogen-bond acceptors (Lipinski definition) is 0. The maximum absolute atomic E-state index is 3.76. The minimum atomic E-state index is 0.0985. The molecule has 66 valence electrons. The van der Waals surface area contributed by atoms with Gasteiger partial charge in [0.25, 0.3) is 0 Å². The minimum absolute atomic E-state index is 0.0985. The van der Waals surface area contributed by atoms with Crippen LogP contribution >= 0.6 is 31.9 Å². The molecule has 2 atom stereocenters. The molecule has 0 aliphatic heterocycles.